The number of aromatic amines is 1. The maximum Gasteiger partial charge on any atom is 0.134 e. The lowest BCUT2D eigenvalue weighted by Crippen LogP contribution is -1.87. The van der Waals surface area contributed by atoms with E-state index in [1.165, 1.54) is 5.39 Å². The van der Waals surface area contributed by atoms with Crippen LogP contribution < -0.4 is 4.74 Å². The van der Waals surface area contributed by atoms with Gasteiger partial charge in [0, 0.05) is 46.3 Å². The van der Waals surface area contributed by atoms with Gasteiger partial charge in [-0.25, -0.2) is 0 Å². The highest BCUT2D eigenvalue weighted by molar-refractivity contribution is 5.89. The van der Waals surface area contributed by atoms with E-state index in [2.05, 4.69) is 23.2 Å². The Morgan fingerprint density at radius 2 is 1.77 bits per heavy atom. The summed E-state index contributed by atoms with van der Waals surface area (Å²) in [6.45, 7) is 0. The monoisotopic (exact) mass is 339 g/mol. The van der Waals surface area contributed by atoms with Crippen LogP contribution in [0.15, 0.2) is 78.7 Å². The van der Waals surface area contributed by atoms with Crippen molar-refractivity contribution < 1.29 is 9.84 Å². The lowest BCUT2D eigenvalue weighted by molar-refractivity contribution is 0.440. The lowest BCUT2D eigenvalue weighted by Gasteiger charge is -2.07. The Morgan fingerprint density at radius 3 is 2.65 bits per heavy atom. The molecule has 0 unspecified atom stereocenters. The zero-order chi connectivity index (χ0) is 17.5. The molecule has 1 aromatic heterocycles. The van der Waals surface area contributed by atoms with Crippen molar-refractivity contribution in [2.75, 3.05) is 0 Å². The van der Waals surface area contributed by atoms with Gasteiger partial charge in [0.05, 0.1) is 0 Å². The number of ether oxygens (including phenoxy) is 1. The molecule has 4 aromatic rings. The molecule has 1 aliphatic rings. The standard InChI is InChI=1S/C23H17NO2/c25-22-13-23-16(12-20(22)15-6-2-1-3-7-15)10-18(26-23)11-17-14-24-21-9-5-4-8-19(17)21/h1-9,11-14,24-25H,10H2/b18-11-. The van der Waals surface area contributed by atoms with Crippen molar-refractivity contribution in [3.63, 3.8) is 0 Å². The average Bonchev–Trinajstić information content (AvgIpc) is 3.25. The molecule has 0 saturated heterocycles. The van der Waals surface area contributed by atoms with Gasteiger partial charge in [0.25, 0.3) is 0 Å². The molecule has 2 N–H and O–H groups in total. The zero-order valence-electron chi connectivity index (χ0n) is 14.1. The van der Waals surface area contributed by atoms with Crippen LogP contribution >= 0.6 is 0 Å². The highest BCUT2D eigenvalue weighted by atomic mass is 16.5. The summed E-state index contributed by atoms with van der Waals surface area (Å²) in [5.74, 6) is 1.85. The molecule has 126 valence electrons. The van der Waals surface area contributed by atoms with Gasteiger partial charge in [0.15, 0.2) is 0 Å². The molecule has 2 heterocycles. The maximum atomic E-state index is 10.4. The summed E-state index contributed by atoms with van der Waals surface area (Å²) in [7, 11) is 0. The van der Waals surface area contributed by atoms with Crippen molar-refractivity contribution in [1.29, 1.82) is 0 Å². The quantitative estimate of drug-likeness (QED) is 0.505. The van der Waals surface area contributed by atoms with Gasteiger partial charge in [0.1, 0.15) is 17.3 Å². The fraction of sp³-hybridized carbons (Fsp3) is 0.0435. The molecule has 0 aliphatic carbocycles. The van der Waals surface area contributed by atoms with Gasteiger partial charge in [-0.05, 0) is 23.8 Å². The normalized spacial score (nSPS) is 14.5. The second kappa shape index (κ2) is 5.81. The maximum absolute atomic E-state index is 10.4. The third kappa shape index (κ3) is 2.45. The van der Waals surface area contributed by atoms with Crippen LogP contribution in [0.1, 0.15) is 11.1 Å². The summed E-state index contributed by atoms with van der Waals surface area (Å²) in [5.41, 5.74) is 5.14. The van der Waals surface area contributed by atoms with E-state index >= 15 is 0 Å². The van der Waals surface area contributed by atoms with Crippen molar-refractivity contribution in [1.82, 2.24) is 4.98 Å². The first kappa shape index (κ1) is 14.8. The van der Waals surface area contributed by atoms with Crippen molar-refractivity contribution in [3.8, 4) is 22.6 Å². The first-order valence-electron chi connectivity index (χ1n) is 8.64. The van der Waals surface area contributed by atoms with Gasteiger partial charge < -0.3 is 14.8 Å². The Bertz CT molecular complexity index is 1140. The summed E-state index contributed by atoms with van der Waals surface area (Å²) in [6, 6.07) is 21.9. The van der Waals surface area contributed by atoms with E-state index < -0.39 is 0 Å². The van der Waals surface area contributed by atoms with E-state index in [4.69, 9.17) is 4.74 Å². The molecule has 0 radical (unpaired) electrons. The predicted octanol–water partition coefficient (Wildman–Crippen LogP) is 5.52. The molecule has 0 saturated carbocycles. The van der Waals surface area contributed by atoms with Crippen LogP contribution in [0.5, 0.6) is 11.5 Å². The number of rotatable bonds is 2. The summed E-state index contributed by atoms with van der Waals surface area (Å²) in [6.07, 6.45) is 4.78. The molecular formula is C23H17NO2. The number of fused-ring (bicyclic) bond motifs is 2. The number of hydrogen-bond donors (Lipinski definition) is 2. The molecule has 0 amide bonds. The zero-order valence-corrected chi connectivity index (χ0v) is 14.1. The van der Waals surface area contributed by atoms with Gasteiger partial charge in [-0.1, -0.05) is 48.5 Å². The third-order valence-electron chi connectivity index (χ3n) is 4.81. The fourth-order valence-corrected chi connectivity index (χ4v) is 3.53. The molecule has 0 bridgehead atoms. The van der Waals surface area contributed by atoms with E-state index in [-0.39, 0.29) is 5.75 Å². The van der Waals surface area contributed by atoms with Crippen LogP contribution in [0.25, 0.3) is 28.1 Å². The van der Waals surface area contributed by atoms with Crippen molar-refractivity contribution in [3.05, 3.63) is 89.8 Å². The Morgan fingerprint density at radius 1 is 0.962 bits per heavy atom. The SMILES string of the molecule is Oc1cc2c(cc1-c1ccccc1)C/C(=C/c1c[nH]c3ccccc13)O2. The largest absolute Gasteiger partial charge is 0.507 e. The van der Waals surface area contributed by atoms with Crippen LogP contribution in [0, 0.1) is 0 Å². The van der Waals surface area contributed by atoms with Crippen molar-refractivity contribution in [2.45, 2.75) is 6.42 Å². The van der Waals surface area contributed by atoms with Crippen LogP contribution in [0.3, 0.4) is 0 Å². The highest BCUT2D eigenvalue weighted by Crippen LogP contribution is 2.40. The smallest absolute Gasteiger partial charge is 0.134 e. The number of aromatic nitrogens is 1. The Kier molecular flexibility index (Phi) is 3.32. The van der Waals surface area contributed by atoms with Crippen LogP contribution in [0.4, 0.5) is 0 Å². The number of nitrogens with one attached hydrogen (secondary N) is 1. The summed E-state index contributed by atoms with van der Waals surface area (Å²) in [4.78, 5) is 3.28. The number of benzene rings is 3. The van der Waals surface area contributed by atoms with Crippen molar-refractivity contribution >= 4 is 17.0 Å². The molecule has 3 heteroatoms. The summed E-state index contributed by atoms with van der Waals surface area (Å²) >= 11 is 0. The third-order valence-corrected chi connectivity index (χ3v) is 4.81. The van der Waals surface area contributed by atoms with E-state index in [0.717, 1.165) is 45.7 Å². The molecule has 3 nitrogen and oxygen atoms in total. The van der Waals surface area contributed by atoms with E-state index in [1.807, 2.05) is 54.7 Å². The van der Waals surface area contributed by atoms with Gasteiger partial charge in [-0.15, -0.1) is 0 Å². The van der Waals surface area contributed by atoms with E-state index in [1.54, 1.807) is 6.07 Å². The first-order chi connectivity index (χ1) is 12.8. The van der Waals surface area contributed by atoms with Crippen molar-refractivity contribution in [2.24, 2.45) is 0 Å². The molecule has 0 atom stereocenters. The second-order valence-corrected chi connectivity index (χ2v) is 6.52. The lowest BCUT2D eigenvalue weighted by atomic mass is 10.0. The molecule has 0 fully saturated rings. The predicted molar refractivity (Wildman–Crippen MR) is 104 cm³/mol. The number of aromatic hydroxyl groups is 1. The molecule has 5 rings (SSSR count). The Hall–Kier alpha value is -3.46. The minimum Gasteiger partial charge on any atom is -0.507 e. The number of phenolic OH excluding ortho intramolecular Hbond substituents is 1. The van der Waals surface area contributed by atoms with Crippen LogP contribution in [-0.4, -0.2) is 10.1 Å². The van der Waals surface area contributed by atoms with Gasteiger partial charge in [0.2, 0.25) is 0 Å². The molecule has 3 aromatic carbocycles. The van der Waals surface area contributed by atoms with E-state index in [9.17, 15) is 5.11 Å². The van der Waals surface area contributed by atoms with E-state index in [0.29, 0.717) is 0 Å². The number of phenols is 1. The molecule has 1 aliphatic heterocycles. The topological polar surface area (TPSA) is 45.2 Å². The minimum absolute atomic E-state index is 0.239. The first-order valence-corrected chi connectivity index (χ1v) is 8.64. The summed E-state index contributed by atoms with van der Waals surface area (Å²) < 4.78 is 5.99. The Balaban J connectivity index is 1.51. The number of para-hydroxylation sites is 1. The van der Waals surface area contributed by atoms with Crippen LogP contribution in [-0.2, 0) is 6.42 Å². The average molecular weight is 339 g/mol. The number of allylic oxidation sites excluding steroid dienone is 1. The number of H-pyrrole nitrogens is 1. The Labute approximate surface area is 151 Å². The van der Waals surface area contributed by atoms with Gasteiger partial charge in [-0.2, -0.15) is 0 Å². The van der Waals surface area contributed by atoms with Gasteiger partial charge >= 0.3 is 0 Å². The highest BCUT2D eigenvalue weighted by Gasteiger charge is 2.21. The minimum atomic E-state index is 0.239. The molecule has 0 spiro atoms. The van der Waals surface area contributed by atoms with Crippen LogP contribution in [0.2, 0.25) is 0 Å². The molecule has 26 heavy (non-hydrogen) atoms. The second-order valence-electron chi connectivity index (χ2n) is 6.52. The fourth-order valence-electron chi connectivity index (χ4n) is 3.53. The molecular weight excluding hydrogens is 322 g/mol. The summed E-state index contributed by atoms with van der Waals surface area (Å²) in [5, 5.41) is 11.6. The van der Waals surface area contributed by atoms with Gasteiger partial charge in [-0.3, -0.25) is 0 Å². The number of hydrogen-bond acceptors (Lipinski definition) is 2.